The maximum absolute atomic E-state index is 10.3. The third kappa shape index (κ3) is 16.3. The first-order valence-electron chi connectivity index (χ1n) is 8.52. The largest absolute Gasteiger partial charge is 0.481 e. The van der Waals surface area contributed by atoms with Gasteiger partial charge in [-0.15, -0.1) is 0 Å². The highest BCUT2D eigenvalue weighted by Crippen LogP contribution is 2.06. The number of carbonyl (C=O) groups is 1. The Kier molecular flexibility index (Phi) is 15.8. The van der Waals surface area contributed by atoms with Gasteiger partial charge in [0.15, 0.2) is 0 Å². The first-order chi connectivity index (χ1) is 11.7. The first kappa shape index (κ1) is 21.9. The van der Waals surface area contributed by atoms with Gasteiger partial charge in [-0.2, -0.15) is 0 Å². The maximum Gasteiger partial charge on any atom is 0.303 e. The molecule has 4 nitrogen and oxygen atoms in total. The van der Waals surface area contributed by atoms with Crippen molar-refractivity contribution in [2.24, 2.45) is 0 Å². The van der Waals surface area contributed by atoms with Gasteiger partial charge in [-0.05, 0) is 44.6 Å². The summed E-state index contributed by atoms with van der Waals surface area (Å²) in [6, 6.07) is 0. The van der Waals surface area contributed by atoms with E-state index in [1.165, 1.54) is 0 Å². The van der Waals surface area contributed by atoms with E-state index >= 15 is 0 Å². The van der Waals surface area contributed by atoms with Crippen molar-refractivity contribution < 1.29 is 20.0 Å². The molecule has 0 fully saturated rings. The molecule has 0 aliphatic rings. The molecular formula is C20H30O4. The molecule has 0 heterocycles. The summed E-state index contributed by atoms with van der Waals surface area (Å²) in [5.41, 5.74) is 0. The highest BCUT2D eigenvalue weighted by atomic mass is 17.1. The molecule has 0 bridgehead atoms. The third-order valence-corrected chi connectivity index (χ3v) is 3.13. The van der Waals surface area contributed by atoms with Gasteiger partial charge >= 0.3 is 5.97 Å². The molecule has 0 radical (unpaired) electrons. The van der Waals surface area contributed by atoms with Crippen LogP contribution in [0.3, 0.4) is 0 Å². The van der Waals surface area contributed by atoms with Crippen LogP contribution in [0.1, 0.15) is 58.3 Å². The molecule has 0 aliphatic carbocycles. The number of carboxylic acid groups (broad SMARTS) is 1. The van der Waals surface area contributed by atoms with Gasteiger partial charge in [0.25, 0.3) is 0 Å². The Morgan fingerprint density at radius 3 is 2.12 bits per heavy atom. The molecular weight excluding hydrogens is 304 g/mol. The lowest BCUT2D eigenvalue weighted by atomic mass is 10.2. The van der Waals surface area contributed by atoms with Crippen molar-refractivity contribution in [3.05, 3.63) is 60.4 Å². The molecule has 24 heavy (non-hydrogen) atoms. The summed E-state index contributed by atoms with van der Waals surface area (Å²) < 4.78 is 0. The van der Waals surface area contributed by atoms with Gasteiger partial charge < -0.3 is 9.99 Å². The fraction of sp³-hybridized carbons (Fsp3) is 0.450. The molecule has 0 saturated carbocycles. The fourth-order valence-corrected chi connectivity index (χ4v) is 1.85. The predicted octanol–water partition coefficient (Wildman–Crippen LogP) is 5.81. The van der Waals surface area contributed by atoms with Crippen LogP contribution in [-0.4, -0.2) is 16.3 Å². The van der Waals surface area contributed by atoms with E-state index in [4.69, 9.17) is 10.4 Å². The second kappa shape index (κ2) is 17.3. The zero-order valence-electron chi connectivity index (χ0n) is 14.6. The molecule has 134 valence electrons. The number of unbranched alkanes of at least 4 members (excludes halogenated alkanes) is 1. The van der Waals surface area contributed by atoms with Gasteiger partial charge in [-0.3, -0.25) is 4.79 Å². The van der Waals surface area contributed by atoms with Gasteiger partial charge in [0.05, 0.1) is 0 Å². The fourth-order valence-electron chi connectivity index (χ4n) is 1.85. The van der Waals surface area contributed by atoms with Gasteiger partial charge in [0, 0.05) is 12.8 Å². The second-order valence-corrected chi connectivity index (χ2v) is 5.25. The lowest BCUT2D eigenvalue weighted by molar-refractivity contribution is -0.204. The van der Waals surface area contributed by atoms with E-state index in [9.17, 15) is 4.79 Å². The van der Waals surface area contributed by atoms with Crippen LogP contribution in [-0.2, 0) is 9.68 Å². The minimum atomic E-state index is -0.736. The quantitative estimate of drug-likeness (QED) is 0.138. The zero-order chi connectivity index (χ0) is 17.9. The summed E-state index contributed by atoms with van der Waals surface area (Å²) in [6.45, 7) is 2.06. The average molecular weight is 334 g/mol. The Morgan fingerprint density at radius 1 is 0.917 bits per heavy atom. The van der Waals surface area contributed by atoms with Crippen molar-refractivity contribution in [2.75, 3.05) is 0 Å². The number of carboxylic acids is 1. The topological polar surface area (TPSA) is 66.8 Å². The second-order valence-electron chi connectivity index (χ2n) is 5.25. The van der Waals surface area contributed by atoms with E-state index in [0.29, 0.717) is 18.6 Å². The number of hydrogen-bond donors (Lipinski definition) is 2. The molecule has 0 aromatic rings. The number of rotatable bonds is 14. The minimum Gasteiger partial charge on any atom is -0.481 e. The van der Waals surface area contributed by atoms with E-state index in [-0.39, 0.29) is 6.42 Å². The molecule has 4 heteroatoms. The van der Waals surface area contributed by atoms with Crippen LogP contribution in [0.15, 0.2) is 60.4 Å². The van der Waals surface area contributed by atoms with E-state index in [2.05, 4.69) is 36.1 Å². The van der Waals surface area contributed by atoms with Crippen LogP contribution >= 0.6 is 0 Å². The predicted molar refractivity (Wildman–Crippen MR) is 98.6 cm³/mol. The Bertz CT molecular complexity index is 456. The summed E-state index contributed by atoms with van der Waals surface area (Å²) in [5.74, 6) is -0.173. The SMILES string of the molecule is CC/C=C\C/C(=C\C/C=C\C/C=C\C/C=C\CCCC(=O)O)OO. The normalized spacial score (nSPS) is 13.0. The molecule has 0 aliphatic heterocycles. The van der Waals surface area contributed by atoms with Crippen molar-refractivity contribution in [2.45, 2.75) is 58.3 Å². The molecule has 0 atom stereocenters. The highest BCUT2D eigenvalue weighted by Gasteiger charge is 1.93. The Hall–Kier alpha value is -2.07. The Morgan fingerprint density at radius 2 is 1.54 bits per heavy atom. The van der Waals surface area contributed by atoms with E-state index in [0.717, 1.165) is 32.1 Å². The van der Waals surface area contributed by atoms with Gasteiger partial charge in [-0.1, -0.05) is 55.5 Å². The summed E-state index contributed by atoms with van der Waals surface area (Å²) in [4.78, 5) is 14.7. The monoisotopic (exact) mass is 334 g/mol. The minimum absolute atomic E-state index is 0.233. The van der Waals surface area contributed by atoms with Crippen molar-refractivity contribution in [1.82, 2.24) is 0 Å². The first-order valence-corrected chi connectivity index (χ1v) is 8.52. The summed E-state index contributed by atoms with van der Waals surface area (Å²) in [6.07, 6.45) is 24.0. The van der Waals surface area contributed by atoms with Crippen LogP contribution in [0.2, 0.25) is 0 Å². The molecule has 0 aromatic heterocycles. The maximum atomic E-state index is 10.3. The lowest BCUT2D eigenvalue weighted by Gasteiger charge is -1.98. The summed E-state index contributed by atoms with van der Waals surface area (Å²) in [5, 5.41) is 17.3. The average Bonchev–Trinajstić information content (AvgIpc) is 2.57. The summed E-state index contributed by atoms with van der Waals surface area (Å²) >= 11 is 0. The standard InChI is InChI=1S/C20H30O4/c1-2-3-13-16-19(24-23)17-14-11-9-7-5-4-6-8-10-12-15-18-20(21)22/h3-5,8-11,13,17,23H,2,6-7,12,14-16,18H2,1H3,(H,21,22)/b5-4-,10-8-,11-9-,13-3-,19-17+. The van der Waals surface area contributed by atoms with Crippen LogP contribution in [0, 0.1) is 0 Å². The van der Waals surface area contributed by atoms with Gasteiger partial charge in [0.1, 0.15) is 5.76 Å². The lowest BCUT2D eigenvalue weighted by Crippen LogP contribution is -1.92. The van der Waals surface area contributed by atoms with Gasteiger partial charge in [-0.25, -0.2) is 5.26 Å². The third-order valence-electron chi connectivity index (χ3n) is 3.13. The van der Waals surface area contributed by atoms with E-state index in [1.54, 1.807) is 0 Å². The molecule has 0 spiro atoms. The van der Waals surface area contributed by atoms with Crippen LogP contribution in [0.4, 0.5) is 0 Å². The van der Waals surface area contributed by atoms with Crippen molar-refractivity contribution in [3.8, 4) is 0 Å². The van der Waals surface area contributed by atoms with E-state index < -0.39 is 5.97 Å². The molecule has 2 N–H and O–H groups in total. The van der Waals surface area contributed by atoms with Crippen LogP contribution < -0.4 is 0 Å². The smallest absolute Gasteiger partial charge is 0.303 e. The van der Waals surface area contributed by atoms with E-state index in [1.807, 2.05) is 30.4 Å². The number of hydrogen-bond acceptors (Lipinski definition) is 3. The molecule has 0 saturated heterocycles. The highest BCUT2D eigenvalue weighted by molar-refractivity contribution is 5.66. The number of allylic oxidation sites excluding steroid dienone is 9. The molecule has 0 unspecified atom stereocenters. The number of aliphatic carboxylic acids is 1. The molecule has 0 aromatic carbocycles. The van der Waals surface area contributed by atoms with Crippen LogP contribution in [0.25, 0.3) is 0 Å². The van der Waals surface area contributed by atoms with Crippen molar-refractivity contribution >= 4 is 5.97 Å². The Balaban J connectivity index is 3.74. The zero-order valence-corrected chi connectivity index (χ0v) is 14.6. The van der Waals surface area contributed by atoms with Gasteiger partial charge in [0.2, 0.25) is 0 Å². The van der Waals surface area contributed by atoms with Crippen LogP contribution in [0.5, 0.6) is 0 Å². The van der Waals surface area contributed by atoms with Crippen molar-refractivity contribution in [3.63, 3.8) is 0 Å². The Labute approximate surface area is 145 Å². The van der Waals surface area contributed by atoms with Crippen molar-refractivity contribution in [1.29, 1.82) is 0 Å². The summed E-state index contributed by atoms with van der Waals surface area (Å²) in [7, 11) is 0. The molecule has 0 rings (SSSR count). The molecule has 0 amide bonds.